The smallest absolute Gasteiger partial charge is 0.266 e. The number of halogens is 2. The van der Waals surface area contributed by atoms with Crippen LogP contribution >= 0.6 is 0 Å². The van der Waals surface area contributed by atoms with E-state index in [0.29, 0.717) is 30.7 Å². The number of hydrogen-bond acceptors (Lipinski definition) is 10. The summed E-state index contributed by atoms with van der Waals surface area (Å²) in [6.45, 7) is 9.85. The Morgan fingerprint density at radius 3 is 2.55 bits per heavy atom. The van der Waals surface area contributed by atoms with Crippen molar-refractivity contribution in [1.29, 1.82) is 0 Å². The zero-order valence-corrected chi connectivity index (χ0v) is 22.7. The highest BCUT2D eigenvalue weighted by molar-refractivity contribution is 5.39. The maximum Gasteiger partial charge on any atom is 0.266 e. The van der Waals surface area contributed by atoms with Crippen molar-refractivity contribution in [3.63, 3.8) is 0 Å². The summed E-state index contributed by atoms with van der Waals surface area (Å²) in [6.07, 6.45) is 6.48. The van der Waals surface area contributed by atoms with Gasteiger partial charge in [0.1, 0.15) is 23.3 Å². The summed E-state index contributed by atoms with van der Waals surface area (Å²) in [5.74, 6) is 0.419. The number of tetrazole rings is 1. The van der Waals surface area contributed by atoms with Crippen LogP contribution in [0, 0.1) is 17.6 Å². The first-order chi connectivity index (χ1) is 19.2. The van der Waals surface area contributed by atoms with Gasteiger partial charge in [0.25, 0.3) is 5.95 Å². The summed E-state index contributed by atoms with van der Waals surface area (Å²) >= 11 is 0. The maximum atomic E-state index is 14.3. The molecule has 2 aromatic heterocycles. The van der Waals surface area contributed by atoms with Crippen molar-refractivity contribution in [3.8, 4) is 5.75 Å². The quantitative estimate of drug-likeness (QED) is 0.379. The monoisotopic (exact) mass is 555 g/mol. The molecule has 13 heteroatoms. The Bertz CT molecular complexity index is 1310. The Balaban J connectivity index is 1.17. The summed E-state index contributed by atoms with van der Waals surface area (Å²) in [6, 6.07) is 3.05. The summed E-state index contributed by atoms with van der Waals surface area (Å²) in [7, 11) is 0. The molecule has 0 unspecified atom stereocenters. The van der Waals surface area contributed by atoms with Crippen LogP contribution < -0.4 is 20.3 Å². The van der Waals surface area contributed by atoms with Gasteiger partial charge in [-0.15, -0.1) is 5.10 Å². The van der Waals surface area contributed by atoms with Crippen LogP contribution in [-0.4, -0.2) is 80.2 Å². The van der Waals surface area contributed by atoms with E-state index in [1.165, 1.54) is 10.9 Å². The first-order valence-corrected chi connectivity index (χ1v) is 13.4. The molecule has 3 atom stereocenters. The van der Waals surface area contributed by atoms with Crippen molar-refractivity contribution < 1.29 is 18.6 Å². The fourth-order valence-corrected chi connectivity index (χ4v) is 5.23. The number of nitrogens with two attached hydrogens (primary N) is 1. The van der Waals surface area contributed by atoms with Gasteiger partial charge in [-0.2, -0.15) is 4.80 Å². The molecular formula is C27H35F2N9O2. The van der Waals surface area contributed by atoms with Crippen molar-refractivity contribution >= 4 is 11.9 Å². The second-order valence-corrected chi connectivity index (χ2v) is 11.1. The van der Waals surface area contributed by atoms with Gasteiger partial charge in [-0.3, -0.25) is 0 Å². The van der Waals surface area contributed by atoms with E-state index in [0.717, 1.165) is 38.1 Å². The molecule has 214 valence electrons. The summed E-state index contributed by atoms with van der Waals surface area (Å²) in [5.41, 5.74) is 5.93. The molecule has 2 aliphatic rings. The lowest BCUT2D eigenvalue weighted by molar-refractivity contribution is 0.135. The van der Waals surface area contributed by atoms with Gasteiger partial charge in [-0.1, -0.05) is 17.8 Å². The number of anilines is 2. The van der Waals surface area contributed by atoms with E-state index in [-0.39, 0.29) is 36.2 Å². The Hall–Kier alpha value is -3.71. The molecule has 0 amide bonds. The zero-order chi connectivity index (χ0) is 28.4. The van der Waals surface area contributed by atoms with Gasteiger partial charge < -0.3 is 25.4 Å². The van der Waals surface area contributed by atoms with E-state index in [1.807, 2.05) is 18.7 Å². The molecule has 5 rings (SSSR count). The highest BCUT2D eigenvalue weighted by Gasteiger charge is 2.35. The molecule has 3 aromatic rings. The average Bonchev–Trinajstić information content (AvgIpc) is 3.61. The molecule has 11 nitrogen and oxygen atoms in total. The minimum absolute atomic E-state index is 0.0884. The minimum Gasteiger partial charge on any atom is -0.483 e. The molecule has 4 heterocycles. The summed E-state index contributed by atoms with van der Waals surface area (Å²) < 4.78 is 34.3. The van der Waals surface area contributed by atoms with E-state index in [9.17, 15) is 13.9 Å². The Morgan fingerprint density at radius 2 is 1.88 bits per heavy atom. The lowest BCUT2D eigenvalue weighted by Gasteiger charge is -2.34. The standard InChI is InChI=1S/C27H35F2N9O2/c1-4-24(17-7-9-36(10-8-17)26-33-35-38(34-26)27(2,3)16-39)40-19-12-31-25(32-13-19)37-14-21(23(30)15-37)20-11-18(28)5-6-22(20)29/h4-6,11-13,17,21,23-24,39H,1,7-10,14-16,30H2,2-3H3/t21-,23+,24+/m1/s1. The first-order valence-electron chi connectivity index (χ1n) is 13.4. The van der Waals surface area contributed by atoms with E-state index in [2.05, 4.69) is 36.9 Å². The Kier molecular flexibility index (Phi) is 7.95. The number of rotatable bonds is 9. The molecule has 3 N–H and O–H groups in total. The predicted molar refractivity (Wildman–Crippen MR) is 145 cm³/mol. The summed E-state index contributed by atoms with van der Waals surface area (Å²) in [4.78, 5) is 14.3. The number of hydrogen-bond donors (Lipinski definition) is 2. The van der Waals surface area contributed by atoms with Crippen molar-refractivity contribution in [2.24, 2.45) is 11.7 Å². The van der Waals surface area contributed by atoms with Gasteiger partial charge in [0.15, 0.2) is 5.75 Å². The second kappa shape index (κ2) is 11.4. The van der Waals surface area contributed by atoms with Crippen LogP contribution in [-0.2, 0) is 5.54 Å². The van der Waals surface area contributed by atoms with Gasteiger partial charge in [0.2, 0.25) is 5.95 Å². The SMILES string of the molecule is C=C[C@H](Oc1cnc(N2C[C@H](c3cc(F)ccc3F)[C@@H](N)C2)nc1)C1CCN(c2nnn(C(C)(C)CO)n2)CC1. The van der Waals surface area contributed by atoms with Crippen LogP contribution in [0.3, 0.4) is 0 Å². The molecule has 2 aliphatic heterocycles. The van der Waals surface area contributed by atoms with Crippen LogP contribution in [0.15, 0.2) is 43.2 Å². The average molecular weight is 556 g/mol. The minimum atomic E-state index is -0.620. The second-order valence-electron chi connectivity index (χ2n) is 11.1. The lowest BCUT2D eigenvalue weighted by Crippen LogP contribution is -2.40. The number of aromatic nitrogens is 6. The third-order valence-electron chi connectivity index (χ3n) is 7.74. The molecule has 1 aromatic carbocycles. The number of aliphatic hydroxyl groups is 1. The third kappa shape index (κ3) is 5.75. The van der Waals surface area contributed by atoms with E-state index < -0.39 is 17.2 Å². The fourth-order valence-electron chi connectivity index (χ4n) is 5.23. The van der Waals surface area contributed by atoms with Crippen molar-refractivity contribution in [1.82, 2.24) is 30.2 Å². The Morgan fingerprint density at radius 1 is 1.15 bits per heavy atom. The predicted octanol–water partition coefficient (Wildman–Crippen LogP) is 2.25. The normalized spacial score (nSPS) is 21.1. The van der Waals surface area contributed by atoms with Crippen LogP contribution in [0.4, 0.5) is 20.7 Å². The van der Waals surface area contributed by atoms with Gasteiger partial charge in [0.05, 0.1) is 19.0 Å². The zero-order valence-electron chi connectivity index (χ0n) is 22.7. The van der Waals surface area contributed by atoms with Crippen molar-refractivity contribution in [2.45, 2.75) is 50.3 Å². The van der Waals surface area contributed by atoms with Gasteiger partial charge in [-0.25, -0.2) is 18.7 Å². The molecule has 2 saturated heterocycles. The first kappa shape index (κ1) is 27.8. The number of ether oxygens (including phenoxy) is 1. The molecule has 0 spiro atoms. The number of benzene rings is 1. The lowest BCUT2D eigenvalue weighted by atomic mass is 9.91. The van der Waals surface area contributed by atoms with Crippen LogP contribution in [0.1, 0.15) is 38.2 Å². The van der Waals surface area contributed by atoms with Crippen LogP contribution in [0.2, 0.25) is 0 Å². The number of piperidine rings is 1. The molecule has 0 bridgehead atoms. The van der Waals surface area contributed by atoms with Gasteiger partial charge in [-0.05, 0) is 55.7 Å². The molecule has 0 aliphatic carbocycles. The van der Waals surface area contributed by atoms with Crippen LogP contribution in [0.25, 0.3) is 0 Å². The summed E-state index contributed by atoms with van der Waals surface area (Å²) in [5, 5.41) is 22.3. The molecule has 0 radical (unpaired) electrons. The molecule has 0 saturated carbocycles. The van der Waals surface area contributed by atoms with Gasteiger partial charge >= 0.3 is 0 Å². The van der Waals surface area contributed by atoms with E-state index in [1.54, 1.807) is 18.5 Å². The molecule has 40 heavy (non-hydrogen) atoms. The molecular weight excluding hydrogens is 520 g/mol. The highest BCUT2D eigenvalue weighted by atomic mass is 19.1. The number of aliphatic hydroxyl groups excluding tert-OH is 1. The number of nitrogens with zero attached hydrogens (tertiary/aromatic N) is 8. The fraction of sp³-hybridized carbons (Fsp3) is 0.519. The van der Waals surface area contributed by atoms with E-state index >= 15 is 0 Å². The molecule has 2 fully saturated rings. The Labute approximate surface area is 231 Å². The third-order valence-corrected chi connectivity index (χ3v) is 7.74. The van der Waals surface area contributed by atoms with Gasteiger partial charge in [0, 0.05) is 44.1 Å². The van der Waals surface area contributed by atoms with Crippen molar-refractivity contribution in [3.05, 3.63) is 60.4 Å². The largest absolute Gasteiger partial charge is 0.483 e. The van der Waals surface area contributed by atoms with E-state index in [4.69, 9.17) is 10.5 Å². The topological polar surface area (TPSA) is 131 Å². The van der Waals surface area contributed by atoms with Crippen molar-refractivity contribution in [2.75, 3.05) is 42.6 Å². The van der Waals surface area contributed by atoms with Crippen LogP contribution in [0.5, 0.6) is 5.75 Å². The maximum absolute atomic E-state index is 14.3. The highest BCUT2D eigenvalue weighted by Crippen LogP contribution is 2.32.